The van der Waals surface area contributed by atoms with Crippen molar-refractivity contribution in [1.82, 2.24) is 0 Å². The van der Waals surface area contributed by atoms with Crippen molar-refractivity contribution >= 4 is 23.5 Å². The lowest BCUT2D eigenvalue weighted by molar-refractivity contribution is -0.181. The second-order valence-electron chi connectivity index (χ2n) is 4.66. The Morgan fingerprint density at radius 1 is 1.08 bits per heavy atom. The molecule has 0 aliphatic heterocycles. The SMILES string of the molecule is CC(=O)O.CC(=O)O.COC(OC)C(O)C(CO)CC#CCCCCl. The van der Waals surface area contributed by atoms with Gasteiger partial charge in [-0.2, -0.15) is 0 Å². The Labute approximate surface area is 153 Å². The molecule has 9 heteroatoms. The predicted molar refractivity (Wildman–Crippen MR) is 93.4 cm³/mol. The number of aliphatic hydroxyl groups is 2. The first-order valence-electron chi connectivity index (χ1n) is 7.43. The summed E-state index contributed by atoms with van der Waals surface area (Å²) in [7, 11) is 2.88. The molecule has 0 spiro atoms. The first kappa shape index (κ1) is 28.4. The minimum Gasteiger partial charge on any atom is -0.481 e. The summed E-state index contributed by atoms with van der Waals surface area (Å²) in [5.74, 6) is 4.41. The van der Waals surface area contributed by atoms with Gasteiger partial charge in [0.1, 0.15) is 6.10 Å². The fourth-order valence-corrected chi connectivity index (χ4v) is 1.47. The van der Waals surface area contributed by atoms with Crippen LogP contribution < -0.4 is 0 Å². The number of carboxylic acids is 2. The van der Waals surface area contributed by atoms with Crippen LogP contribution >= 0.6 is 11.6 Å². The molecule has 0 aliphatic carbocycles. The summed E-state index contributed by atoms with van der Waals surface area (Å²) >= 11 is 5.52. The lowest BCUT2D eigenvalue weighted by atomic mass is 9.99. The zero-order valence-electron chi connectivity index (χ0n) is 15.1. The van der Waals surface area contributed by atoms with E-state index in [0.717, 1.165) is 26.7 Å². The van der Waals surface area contributed by atoms with Gasteiger partial charge in [-0.1, -0.05) is 0 Å². The molecule has 0 aliphatic rings. The van der Waals surface area contributed by atoms with Crippen LogP contribution in [0.5, 0.6) is 0 Å². The summed E-state index contributed by atoms with van der Waals surface area (Å²) in [6, 6.07) is 0. The van der Waals surface area contributed by atoms with Gasteiger partial charge in [-0.05, 0) is 6.42 Å². The van der Waals surface area contributed by atoms with Gasteiger partial charge in [0.05, 0.1) is 0 Å². The molecule has 0 saturated carbocycles. The highest BCUT2D eigenvalue weighted by atomic mass is 35.5. The molecule has 0 fully saturated rings. The van der Waals surface area contributed by atoms with Gasteiger partial charge in [0.15, 0.2) is 6.29 Å². The first-order chi connectivity index (χ1) is 11.7. The zero-order chi connectivity index (χ0) is 20.3. The Balaban J connectivity index is -0.000000503. The Kier molecular flexibility index (Phi) is 23.5. The van der Waals surface area contributed by atoms with Crippen LogP contribution in [0.2, 0.25) is 0 Å². The van der Waals surface area contributed by atoms with Crippen molar-refractivity contribution in [3.05, 3.63) is 0 Å². The normalized spacial score (nSPS) is 11.7. The number of carboxylic acid groups (broad SMARTS) is 2. The molecule has 0 aromatic carbocycles. The third-order valence-electron chi connectivity index (χ3n) is 2.39. The highest BCUT2D eigenvalue weighted by Crippen LogP contribution is 2.14. The van der Waals surface area contributed by atoms with Crippen LogP contribution in [0.1, 0.15) is 33.1 Å². The maximum absolute atomic E-state index is 9.87. The van der Waals surface area contributed by atoms with Crippen molar-refractivity contribution in [3.63, 3.8) is 0 Å². The summed E-state index contributed by atoms with van der Waals surface area (Å²) < 4.78 is 9.88. The van der Waals surface area contributed by atoms with Gasteiger partial charge in [0, 0.05) is 59.3 Å². The third-order valence-corrected chi connectivity index (χ3v) is 2.65. The average molecular weight is 385 g/mol. The van der Waals surface area contributed by atoms with Crippen molar-refractivity contribution in [1.29, 1.82) is 0 Å². The largest absolute Gasteiger partial charge is 0.481 e. The zero-order valence-corrected chi connectivity index (χ0v) is 15.8. The molecule has 2 atom stereocenters. The van der Waals surface area contributed by atoms with Crippen LogP contribution in [0.15, 0.2) is 0 Å². The number of halogens is 1. The van der Waals surface area contributed by atoms with Crippen molar-refractivity contribution in [2.75, 3.05) is 26.7 Å². The van der Waals surface area contributed by atoms with E-state index in [0.29, 0.717) is 12.3 Å². The maximum Gasteiger partial charge on any atom is 0.300 e. The molecule has 0 heterocycles. The van der Waals surface area contributed by atoms with E-state index in [-0.39, 0.29) is 12.5 Å². The number of alkyl halides is 1. The monoisotopic (exact) mass is 384 g/mol. The Morgan fingerprint density at radius 2 is 1.52 bits per heavy atom. The van der Waals surface area contributed by atoms with E-state index < -0.39 is 24.3 Å². The van der Waals surface area contributed by atoms with Crippen LogP contribution in [0, 0.1) is 17.8 Å². The van der Waals surface area contributed by atoms with Gasteiger partial charge in [-0.3, -0.25) is 9.59 Å². The number of aliphatic hydroxyl groups excluding tert-OH is 2. The highest BCUT2D eigenvalue weighted by Gasteiger charge is 2.26. The van der Waals surface area contributed by atoms with Crippen LogP contribution in [0.25, 0.3) is 0 Å². The molecule has 0 saturated heterocycles. The van der Waals surface area contributed by atoms with Gasteiger partial charge in [-0.25, -0.2) is 0 Å². The van der Waals surface area contributed by atoms with E-state index >= 15 is 0 Å². The lowest BCUT2D eigenvalue weighted by Gasteiger charge is -2.25. The van der Waals surface area contributed by atoms with E-state index in [4.69, 9.17) is 40.9 Å². The van der Waals surface area contributed by atoms with Gasteiger partial charge in [0.2, 0.25) is 0 Å². The molecule has 148 valence electrons. The average Bonchev–Trinajstić information content (AvgIpc) is 2.51. The quantitative estimate of drug-likeness (QED) is 0.212. The molecule has 25 heavy (non-hydrogen) atoms. The second kappa shape index (κ2) is 20.7. The number of ether oxygens (including phenoxy) is 2. The van der Waals surface area contributed by atoms with Crippen molar-refractivity contribution < 1.29 is 39.5 Å². The smallest absolute Gasteiger partial charge is 0.300 e. The van der Waals surface area contributed by atoms with Crippen molar-refractivity contribution in [2.45, 2.75) is 45.5 Å². The number of methoxy groups -OCH3 is 2. The fourth-order valence-electron chi connectivity index (χ4n) is 1.34. The van der Waals surface area contributed by atoms with Crippen LogP contribution in [-0.4, -0.2) is 71.5 Å². The molecule has 0 radical (unpaired) electrons. The number of carbonyl (C=O) groups is 2. The van der Waals surface area contributed by atoms with Crippen LogP contribution in [-0.2, 0) is 19.1 Å². The lowest BCUT2D eigenvalue weighted by Crippen LogP contribution is -2.37. The summed E-state index contributed by atoms with van der Waals surface area (Å²) in [6.45, 7) is 2.01. The number of rotatable bonds is 8. The summed E-state index contributed by atoms with van der Waals surface area (Å²) in [4.78, 5) is 18.0. The van der Waals surface area contributed by atoms with E-state index in [1.54, 1.807) is 0 Å². The number of unbranched alkanes of at least 4 members (excludes halogenated alkanes) is 1. The molecule has 0 aromatic heterocycles. The van der Waals surface area contributed by atoms with E-state index in [9.17, 15) is 10.2 Å². The van der Waals surface area contributed by atoms with E-state index in [2.05, 4.69) is 11.8 Å². The maximum atomic E-state index is 9.87. The highest BCUT2D eigenvalue weighted by molar-refractivity contribution is 6.17. The molecule has 0 aromatic rings. The summed E-state index contributed by atoms with van der Waals surface area (Å²) in [5.41, 5.74) is 0. The van der Waals surface area contributed by atoms with Crippen LogP contribution in [0.4, 0.5) is 0 Å². The van der Waals surface area contributed by atoms with Gasteiger partial charge in [0.25, 0.3) is 11.9 Å². The van der Waals surface area contributed by atoms with Crippen molar-refractivity contribution in [2.24, 2.45) is 5.92 Å². The Bertz CT molecular complexity index is 367. The number of hydrogen-bond donors (Lipinski definition) is 4. The molecule has 0 amide bonds. The Morgan fingerprint density at radius 3 is 1.84 bits per heavy atom. The standard InChI is InChI=1S/C12H21ClO4.2C2H4O2/c1-16-12(17-2)11(15)10(9-14)7-5-3-4-6-8-13;2*1-2(3)4/h10-12,14-15H,4,6-9H2,1-2H3;2*1H3,(H,3,4). The molecule has 4 N–H and O–H groups in total. The molecular formula is C16H29ClO8. The molecule has 2 unspecified atom stereocenters. The molecule has 0 rings (SSSR count). The van der Waals surface area contributed by atoms with Crippen LogP contribution in [0.3, 0.4) is 0 Å². The first-order valence-corrected chi connectivity index (χ1v) is 7.96. The predicted octanol–water partition coefficient (Wildman–Crippen LogP) is 1.17. The number of aliphatic carboxylic acids is 2. The third kappa shape index (κ3) is 25.0. The molecule has 8 nitrogen and oxygen atoms in total. The van der Waals surface area contributed by atoms with Gasteiger partial charge < -0.3 is 29.9 Å². The Hall–Kier alpha value is -1.37. The number of hydrogen-bond acceptors (Lipinski definition) is 6. The fraction of sp³-hybridized carbons (Fsp3) is 0.750. The minimum absolute atomic E-state index is 0.158. The van der Waals surface area contributed by atoms with Gasteiger partial charge >= 0.3 is 0 Å². The van der Waals surface area contributed by atoms with Gasteiger partial charge in [-0.15, -0.1) is 23.4 Å². The van der Waals surface area contributed by atoms with E-state index in [1.165, 1.54) is 14.2 Å². The molecule has 0 bridgehead atoms. The second-order valence-corrected chi connectivity index (χ2v) is 5.04. The van der Waals surface area contributed by atoms with E-state index in [1.807, 2.05) is 0 Å². The minimum atomic E-state index is -0.891. The summed E-state index contributed by atoms with van der Waals surface area (Å²) in [6.07, 6.45) is 0.354. The van der Waals surface area contributed by atoms with Crippen molar-refractivity contribution in [3.8, 4) is 11.8 Å². The molecular weight excluding hydrogens is 356 g/mol. The summed E-state index contributed by atoms with van der Waals surface area (Å²) in [5, 5.41) is 33.9. The topological polar surface area (TPSA) is 134 Å².